The number of nitrogens with zero attached hydrogens (tertiary/aromatic N) is 3. The first kappa shape index (κ1) is 43.7. The summed E-state index contributed by atoms with van der Waals surface area (Å²) < 4.78 is 6.35. The Morgan fingerprint density at radius 1 is 0.515 bits per heavy atom. The number of pyridine rings is 3. The summed E-state index contributed by atoms with van der Waals surface area (Å²) in [5, 5.41) is 11.9. The molecule has 1 N–H and O–H groups in total. The van der Waals surface area contributed by atoms with Gasteiger partial charge in [0, 0.05) is 58.0 Å². The van der Waals surface area contributed by atoms with E-state index in [1.807, 2.05) is 31.5 Å². The Balaban J connectivity index is 1.10. The first-order valence-corrected chi connectivity index (χ1v) is 23.1. The van der Waals surface area contributed by atoms with E-state index in [0.29, 0.717) is 12.1 Å². The lowest BCUT2D eigenvalue weighted by atomic mass is 9.85. The molecule has 0 radical (unpaired) electrons. The second-order valence-electron chi connectivity index (χ2n) is 18.0. The van der Waals surface area contributed by atoms with Crippen molar-refractivity contribution in [1.29, 1.82) is 0 Å². The van der Waals surface area contributed by atoms with E-state index in [1.165, 1.54) is 29.7 Å². The maximum atomic E-state index is 12.9. The number of benzene rings is 6. The van der Waals surface area contributed by atoms with E-state index in [1.54, 1.807) is 0 Å². The van der Waals surface area contributed by atoms with Gasteiger partial charge in [-0.05, 0) is 174 Å². The number of carbonyl (C=O) groups is 1. The van der Waals surface area contributed by atoms with Crippen LogP contribution in [0.5, 0.6) is 0 Å². The van der Waals surface area contributed by atoms with Crippen LogP contribution in [-0.2, 0) is 11.2 Å². The lowest BCUT2D eigenvalue weighted by Crippen LogP contribution is -2.01. The fourth-order valence-electron chi connectivity index (χ4n) is 9.27. The zero-order chi connectivity index (χ0) is 47.1. The Hall–Kier alpha value is -8.22. The van der Waals surface area contributed by atoms with Gasteiger partial charge in [-0.25, -0.2) is 4.98 Å². The van der Waals surface area contributed by atoms with E-state index in [2.05, 4.69) is 172 Å². The Morgan fingerprint density at radius 3 is 1.74 bits per heavy atom. The monoisotopic (exact) mass is 885 g/mol. The number of hydrogen-bond donors (Lipinski definition) is 1. The van der Waals surface area contributed by atoms with E-state index < -0.39 is 0 Å². The number of allylic oxidation sites excluding steroid dienone is 2. The summed E-state index contributed by atoms with van der Waals surface area (Å²) in [5.41, 5.74) is 22.6. The third-order valence-electron chi connectivity index (χ3n) is 13.2. The number of furan rings is 1. The first-order valence-electron chi connectivity index (χ1n) is 23.1. The molecule has 6 nitrogen and oxygen atoms in total. The quantitative estimate of drug-likeness (QED) is 0.103. The highest BCUT2D eigenvalue weighted by molar-refractivity contribution is 6.08. The predicted molar refractivity (Wildman–Crippen MR) is 279 cm³/mol. The lowest BCUT2D eigenvalue weighted by molar-refractivity contribution is -0.114. The number of aromatic nitrogens is 3. The molecule has 0 saturated carbocycles. The van der Waals surface area contributed by atoms with E-state index in [9.17, 15) is 9.90 Å². The highest BCUT2D eigenvalue weighted by atomic mass is 16.3. The molecule has 0 bridgehead atoms. The van der Waals surface area contributed by atoms with Crippen LogP contribution >= 0.6 is 0 Å². The fourth-order valence-corrected chi connectivity index (χ4v) is 9.27. The molecule has 0 amide bonds. The van der Waals surface area contributed by atoms with Crippen LogP contribution in [0.2, 0.25) is 0 Å². The molecule has 0 fully saturated rings. The van der Waals surface area contributed by atoms with Crippen LogP contribution in [0.25, 0.3) is 100 Å². The van der Waals surface area contributed by atoms with Crippen molar-refractivity contribution in [1.82, 2.24) is 15.0 Å². The number of rotatable bonds is 11. The van der Waals surface area contributed by atoms with E-state index in [4.69, 9.17) is 14.4 Å². The summed E-state index contributed by atoms with van der Waals surface area (Å²) in [6.45, 7) is 12.0. The zero-order valence-electron chi connectivity index (χ0n) is 39.2. The number of hydrogen-bond acceptors (Lipinski definition) is 6. The van der Waals surface area contributed by atoms with Gasteiger partial charge in [0.25, 0.3) is 0 Å². The van der Waals surface area contributed by atoms with E-state index in [-0.39, 0.29) is 18.0 Å². The summed E-state index contributed by atoms with van der Waals surface area (Å²) in [6.07, 6.45) is 6.03. The molecule has 4 heterocycles. The Bertz CT molecular complexity index is 3600. The molecule has 0 aliphatic carbocycles. The number of aliphatic hydroxyl groups excluding tert-OH is 1. The number of aliphatic hydroxyl groups is 1. The molecule has 332 valence electrons. The van der Waals surface area contributed by atoms with Crippen LogP contribution in [0, 0.1) is 34.6 Å². The molecule has 0 aliphatic rings. The van der Waals surface area contributed by atoms with Gasteiger partial charge in [-0.3, -0.25) is 14.8 Å². The molecule has 10 rings (SSSR count). The Labute approximate surface area is 397 Å². The number of aryl methyl sites for hydroxylation is 6. The van der Waals surface area contributed by atoms with Crippen LogP contribution in [0.1, 0.15) is 46.9 Å². The normalized spacial score (nSPS) is 11.7. The van der Waals surface area contributed by atoms with Crippen LogP contribution in [-0.4, -0.2) is 25.8 Å². The highest BCUT2D eigenvalue weighted by Gasteiger charge is 2.19. The molecule has 0 aliphatic heterocycles. The molecule has 0 saturated heterocycles. The van der Waals surface area contributed by atoms with Gasteiger partial charge < -0.3 is 9.52 Å². The molecule has 4 aromatic heterocycles. The molecule has 6 heteroatoms. The van der Waals surface area contributed by atoms with Crippen LogP contribution < -0.4 is 0 Å². The Kier molecular flexibility index (Phi) is 11.7. The second-order valence-corrected chi connectivity index (χ2v) is 18.0. The van der Waals surface area contributed by atoms with Gasteiger partial charge in [0.2, 0.25) is 5.71 Å². The van der Waals surface area contributed by atoms with Crippen molar-refractivity contribution in [3.05, 3.63) is 209 Å². The van der Waals surface area contributed by atoms with Crippen molar-refractivity contribution in [2.45, 2.75) is 54.4 Å². The molecule has 10 aromatic rings. The van der Waals surface area contributed by atoms with Crippen molar-refractivity contribution < 1.29 is 14.3 Å². The minimum Gasteiger partial charge on any atom is -0.512 e. The topological polar surface area (TPSA) is 89.1 Å². The molecule has 6 aromatic carbocycles. The molecule has 0 spiro atoms. The van der Waals surface area contributed by atoms with Crippen molar-refractivity contribution in [3.8, 4) is 78.1 Å². The SMILES string of the molecule is C/C(O)=C/C(=O)CCc1cc(C)c(C)cc1-c1cc(-c2ccccc2-c2ccc(-c3cc(C)c(C)cn3)cc2)cc(-c2ccccc2-c2ccc(-c3cccc4c3oc3nc(C)ccc34)nc2)c1. The van der Waals surface area contributed by atoms with Gasteiger partial charge in [-0.2, -0.15) is 0 Å². The number of carbonyl (C=O) groups excluding carboxylic acids is 1. The summed E-state index contributed by atoms with van der Waals surface area (Å²) in [7, 11) is 0. The predicted octanol–water partition coefficient (Wildman–Crippen LogP) is 15.9. The largest absolute Gasteiger partial charge is 0.512 e. The molecule has 0 unspecified atom stereocenters. The lowest BCUT2D eigenvalue weighted by Gasteiger charge is -2.19. The van der Waals surface area contributed by atoms with E-state index in [0.717, 1.165) is 111 Å². The standard InChI is InChI=1S/C62H51N3O3/c1-37-28-45(23-25-50(67)31-42(6)66)58(29-38(37)2)49-33-47(53-14-9-7-12-51(53)43-19-21-44(22-20-43)60-30-39(3)40(4)35-63-60)32-48(34-49)54-15-10-8-13-52(54)46-24-27-59(64-36-46)57-17-11-16-55-56-26-18-41(5)65-62(56)68-61(55)57/h7-22,24,26-36,66H,23,25H2,1-6H3/b42-31-. The van der Waals surface area contributed by atoms with Gasteiger partial charge in [0.05, 0.1) is 17.1 Å². The van der Waals surface area contributed by atoms with Gasteiger partial charge in [-0.1, -0.05) is 103 Å². The molecular formula is C62H51N3O3. The number of ketones is 1. The smallest absolute Gasteiger partial charge is 0.227 e. The first-order chi connectivity index (χ1) is 33.0. The summed E-state index contributed by atoms with van der Waals surface area (Å²) in [6, 6.07) is 53.8. The summed E-state index contributed by atoms with van der Waals surface area (Å²) >= 11 is 0. The fraction of sp³-hybridized carbons (Fsp3) is 0.129. The molecule has 0 atom stereocenters. The van der Waals surface area contributed by atoms with Gasteiger partial charge in [0.1, 0.15) is 5.58 Å². The van der Waals surface area contributed by atoms with Crippen molar-refractivity contribution in [2.75, 3.05) is 0 Å². The number of fused-ring (bicyclic) bond motifs is 3. The van der Waals surface area contributed by atoms with Crippen LogP contribution in [0.4, 0.5) is 0 Å². The van der Waals surface area contributed by atoms with Crippen LogP contribution in [0.3, 0.4) is 0 Å². The van der Waals surface area contributed by atoms with Gasteiger partial charge in [0.15, 0.2) is 5.78 Å². The summed E-state index contributed by atoms with van der Waals surface area (Å²) in [5.74, 6) is -0.0886. The average Bonchev–Trinajstić information content (AvgIpc) is 3.72. The van der Waals surface area contributed by atoms with Crippen LogP contribution in [0.15, 0.2) is 180 Å². The minimum atomic E-state index is -0.105. The van der Waals surface area contributed by atoms with Gasteiger partial charge in [-0.15, -0.1) is 0 Å². The Morgan fingerprint density at radius 2 is 1.09 bits per heavy atom. The van der Waals surface area contributed by atoms with Crippen molar-refractivity contribution >= 4 is 27.9 Å². The van der Waals surface area contributed by atoms with E-state index >= 15 is 0 Å². The van der Waals surface area contributed by atoms with Crippen molar-refractivity contribution in [2.24, 2.45) is 0 Å². The van der Waals surface area contributed by atoms with Crippen molar-refractivity contribution in [3.63, 3.8) is 0 Å². The zero-order valence-corrected chi connectivity index (χ0v) is 39.2. The third kappa shape index (κ3) is 8.65. The van der Waals surface area contributed by atoms with Gasteiger partial charge >= 0.3 is 0 Å². The summed E-state index contributed by atoms with van der Waals surface area (Å²) in [4.78, 5) is 27.4. The highest BCUT2D eigenvalue weighted by Crippen LogP contribution is 2.42. The minimum absolute atomic E-state index is 0.0163. The number of para-hydroxylation sites is 1. The molecular weight excluding hydrogens is 835 g/mol. The third-order valence-corrected chi connectivity index (χ3v) is 13.2. The maximum absolute atomic E-state index is 12.9. The molecule has 68 heavy (non-hydrogen) atoms. The second kappa shape index (κ2) is 18.2. The average molecular weight is 886 g/mol. The maximum Gasteiger partial charge on any atom is 0.227 e.